The summed E-state index contributed by atoms with van der Waals surface area (Å²) in [5.41, 5.74) is 2.68. The Hall–Kier alpha value is -0.820. The summed E-state index contributed by atoms with van der Waals surface area (Å²) >= 11 is 6.31. The molecular formula is C8H14N4OS2. The zero-order valence-corrected chi connectivity index (χ0v) is 10.4. The highest BCUT2D eigenvalue weighted by Gasteiger charge is 2.27. The smallest absolute Gasteiger partial charge is 0.239 e. The summed E-state index contributed by atoms with van der Waals surface area (Å²) in [5, 5.41) is 7.96. The first-order valence-corrected chi connectivity index (χ1v) is 6.07. The molecule has 7 heteroatoms. The monoisotopic (exact) mass is 246 g/mol. The van der Waals surface area contributed by atoms with Crippen molar-refractivity contribution in [3.8, 4) is 0 Å². The number of carbonyl (C=O) groups is 1. The van der Waals surface area contributed by atoms with Crippen LogP contribution in [0.4, 0.5) is 0 Å². The molecule has 0 bridgehead atoms. The molecule has 1 aliphatic heterocycles. The summed E-state index contributed by atoms with van der Waals surface area (Å²) in [7, 11) is 1.71. The average Bonchev–Trinajstić information content (AvgIpc) is 2.58. The topological polar surface area (TPSA) is 56.7 Å². The summed E-state index contributed by atoms with van der Waals surface area (Å²) in [6.45, 7) is 2.73. The van der Waals surface area contributed by atoms with Crippen LogP contribution in [-0.4, -0.2) is 40.4 Å². The highest BCUT2D eigenvalue weighted by atomic mass is 32.2. The van der Waals surface area contributed by atoms with Crippen molar-refractivity contribution in [1.29, 1.82) is 0 Å². The van der Waals surface area contributed by atoms with Gasteiger partial charge >= 0.3 is 0 Å². The van der Waals surface area contributed by atoms with Crippen LogP contribution in [0, 0.1) is 0 Å². The fraction of sp³-hybridized carbons (Fsp3) is 0.625. The first-order valence-electron chi connectivity index (χ1n) is 4.67. The van der Waals surface area contributed by atoms with Crippen molar-refractivity contribution in [3.63, 3.8) is 0 Å². The lowest BCUT2D eigenvalue weighted by atomic mass is 10.4. The Morgan fingerprint density at radius 2 is 2.47 bits per heavy atom. The minimum atomic E-state index is 0.109. The third-order valence-electron chi connectivity index (χ3n) is 1.78. The van der Waals surface area contributed by atoms with Gasteiger partial charge in [0, 0.05) is 13.6 Å². The molecule has 2 N–H and O–H groups in total. The Labute approximate surface area is 98.7 Å². The summed E-state index contributed by atoms with van der Waals surface area (Å²) in [5.74, 6) is 0.574. The van der Waals surface area contributed by atoms with E-state index in [-0.39, 0.29) is 5.91 Å². The van der Waals surface area contributed by atoms with Gasteiger partial charge in [0.05, 0.1) is 5.75 Å². The van der Waals surface area contributed by atoms with Gasteiger partial charge in [0.25, 0.3) is 0 Å². The molecule has 1 amide bonds. The van der Waals surface area contributed by atoms with E-state index >= 15 is 0 Å². The normalized spacial score (nSPS) is 18.4. The number of nitrogens with one attached hydrogen (secondary N) is 2. The van der Waals surface area contributed by atoms with Crippen molar-refractivity contribution in [2.45, 2.75) is 13.3 Å². The van der Waals surface area contributed by atoms with Crippen LogP contribution < -0.4 is 10.7 Å². The third-order valence-corrected chi connectivity index (χ3v) is 3.04. The predicted molar refractivity (Wildman–Crippen MR) is 66.7 cm³/mol. The van der Waals surface area contributed by atoms with Gasteiger partial charge in [-0.05, 0) is 18.6 Å². The summed E-state index contributed by atoms with van der Waals surface area (Å²) < 4.78 is 0. The van der Waals surface area contributed by atoms with Gasteiger partial charge in [-0.3, -0.25) is 15.1 Å². The summed E-state index contributed by atoms with van der Waals surface area (Å²) in [4.78, 5) is 13.1. The minimum absolute atomic E-state index is 0.109. The van der Waals surface area contributed by atoms with Gasteiger partial charge in [0.2, 0.25) is 5.91 Å². The van der Waals surface area contributed by atoms with Crippen molar-refractivity contribution in [3.05, 3.63) is 0 Å². The molecule has 1 saturated heterocycles. The SMILES string of the molecule is CCCN1C(=O)CSC1=NNC(=S)NC. The molecule has 0 spiro atoms. The molecule has 1 fully saturated rings. The maximum Gasteiger partial charge on any atom is 0.239 e. The van der Waals surface area contributed by atoms with E-state index in [1.54, 1.807) is 11.9 Å². The third kappa shape index (κ3) is 3.35. The first kappa shape index (κ1) is 12.3. The number of rotatable bonds is 3. The number of hydrogen-bond acceptors (Lipinski definition) is 4. The summed E-state index contributed by atoms with van der Waals surface area (Å²) in [6.07, 6.45) is 0.918. The number of hydrogen-bond donors (Lipinski definition) is 2. The molecule has 15 heavy (non-hydrogen) atoms. The Balaban J connectivity index is 2.59. The van der Waals surface area contributed by atoms with E-state index < -0.39 is 0 Å². The van der Waals surface area contributed by atoms with Crippen molar-refractivity contribution >= 4 is 40.2 Å². The first-order chi connectivity index (χ1) is 7.19. The zero-order chi connectivity index (χ0) is 11.3. The molecule has 0 aliphatic carbocycles. The lowest BCUT2D eigenvalue weighted by Gasteiger charge is -2.14. The van der Waals surface area contributed by atoms with E-state index in [1.807, 2.05) is 6.92 Å². The van der Waals surface area contributed by atoms with Crippen molar-refractivity contribution in [2.24, 2.45) is 5.10 Å². The van der Waals surface area contributed by atoms with Crippen LogP contribution in [0.3, 0.4) is 0 Å². The van der Waals surface area contributed by atoms with Gasteiger partial charge in [0.15, 0.2) is 10.3 Å². The van der Waals surface area contributed by atoms with E-state index in [1.165, 1.54) is 11.8 Å². The molecule has 84 valence electrons. The highest BCUT2D eigenvalue weighted by Crippen LogP contribution is 2.18. The van der Waals surface area contributed by atoms with Crippen LogP contribution in [0.2, 0.25) is 0 Å². The van der Waals surface area contributed by atoms with Gasteiger partial charge in [-0.2, -0.15) is 0 Å². The average molecular weight is 246 g/mol. The molecule has 1 aliphatic rings. The highest BCUT2D eigenvalue weighted by molar-refractivity contribution is 8.15. The largest absolute Gasteiger partial charge is 0.364 e. The molecule has 1 heterocycles. The molecule has 0 unspecified atom stereocenters. The maximum absolute atomic E-state index is 11.4. The summed E-state index contributed by atoms with van der Waals surface area (Å²) in [6, 6.07) is 0. The Morgan fingerprint density at radius 3 is 3.07 bits per heavy atom. The van der Waals surface area contributed by atoms with Crippen LogP contribution in [0.15, 0.2) is 5.10 Å². The fourth-order valence-electron chi connectivity index (χ4n) is 1.08. The Kier molecular flexibility index (Phi) is 4.83. The fourth-order valence-corrected chi connectivity index (χ4v) is 1.99. The number of thiocarbonyl (C=S) groups is 1. The van der Waals surface area contributed by atoms with E-state index in [2.05, 4.69) is 15.8 Å². The number of carbonyl (C=O) groups excluding carboxylic acids is 1. The Morgan fingerprint density at radius 1 is 1.73 bits per heavy atom. The number of amides is 1. The van der Waals surface area contributed by atoms with Gasteiger partial charge in [-0.1, -0.05) is 18.7 Å². The molecule has 0 aromatic heterocycles. The lowest BCUT2D eigenvalue weighted by molar-refractivity contribution is -0.124. The number of thioether (sulfide) groups is 1. The van der Waals surface area contributed by atoms with Gasteiger partial charge in [-0.15, -0.1) is 5.10 Å². The van der Waals surface area contributed by atoms with Crippen LogP contribution >= 0.6 is 24.0 Å². The second-order valence-corrected chi connectivity index (χ2v) is 4.27. The zero-order valence-electron chi connectivity index (χ0n) is 8.74. The molecule has 1 rings (SSSR count). The van der Waals surface area contributed by atoms with E-state index in [9.17, 15) is 4.79 Å². The second kappa shape index (κ2) is 5.92. The second-order valence-electron chi connectivity index (χ2n) is 2.92. The van der Waals surface area contributed by atoms with E-state index in [4.69, 9.17) is 12.2 Å². The Bertz CT molecular complexity index is 292. The van der Waals surface area contributed by atoms with Crippen LogP contribution in [0.25, 0.3) is 0 Å². The molecule has 0 aromatic rings. The van der Waals surface area contributed by atoms with Crippen molar-refractivity contribution in [2.75, 3.05) is 19.3 Å². The van der Waals surface area contributed by atoms with Gasteiger partial charge in [0.1, 0.15) is 0 Å². The maximum atomic E-state index is 11.4. The lowest BCUT2D eigenvalue weighted by Crippen LogP contribution is -2.34. The number of hydrazone groups is 1. The van der Waals surface area contributed by atoms with E-state index in [0.717, 1.165) is 6.42 Å². The predicted octanol–water partition coefficient (Wildman–Crippen LogP) is 0.337. The van der Waals surface area contributed by atoms with Crippen LogP contribution in [-0.2, 0) is 4.79 Å². The standard InChI is InChI=1S/C8H14N4OS2/c1-3-4-12-6(13)5-15-8(12)11-10-7(14)9-2/h3-5H2,1-2H3,(H2,9,10,14). The molecule has 0 atom stereocenters. The molecule has 0 radical (unpaired) electrons. The van der Waals surface area contributed by atoms with Gasteiger partial charge < -0.3 is 5.32 Å². The molecule has 5 nitrogen and oxygen atoms in total. The molecular weight excluding hydrogens is 232 g/mol. The molecule has 0 saturated carbocycles. The van der Waals surface area contributed by atoms with Crippen LogP contribution in [0.1, 0.15) is 13.3 Å². The van der Waals surface area contributed by atoms with Crippen molar-refractivity contribution < 1.29 is 4.79 Å². The van der Waals surface area contributed by atoms with Crippen molar-refractivity contribution in [1.82, 2.24) is 15.6 Å². The van der Waals surface area contributed by atoms with Gasteiger partial charge in [-0.25, -0.2) is 0 Å². The number of nitrogens with zero attached hydrogens (tertiary/aromatic N) is 2. The number of amidine groups is 1. The molecule has 0 aromatic carbocycles. The van der Waals surface area contributed by atoms with E-state index in [0.29, 0.717) is 22.6 Å². The quantitative estimate of drug-likeness (QED) is 0.555. The minimum Gasteiger partial charge on any atom is -0.364 e. The van der Waals surface area contributed by atoms with Crippen LogP contribution in [0.5, 0.6) is 0 Å².